The first-order valence-electron chi connectivity index (χ1n) is 11.8. The molecule has 1 aromatic carbocycles. The molecule has 1 heterocycles. The van der Waals surface area contributed by atoms with E-state index in [1.54, 1.807) is 31.0 Å². The molecule has 27 heavy (non-hydrogen) atoms. The van der Waals surface area contributed by atoms with Gasteiger partial charge >= 0.3 is 0 Å². The monoisotopic (exact) mass is 381 g/mol. The van der Waals surface area contributed by atoms with Gasteiger partial charge in [0.1, 0.15) is 0 Å². The molecule has 3 rings (SSSR count). The summed E-state index contributed by atoms with van der Waals surface area (Å²) in [5.41, 5.74) is 2.19. The van der Waals surface area contributed by atoms with Crippen LogP contribution in [0, 0.1) is 29.1 Å². The minimum absolute atomic E-state index is 0.335. The fourth-order valence-electron chi connectivity index (χ4n) is 5.70. The van der Waals surface area contributed by atoms with E-state index in [0.717, 1.165) is 23.3 Å². The molecule has 0 amide bonds. The Bertz CT molecular complexity index is 571. The van der Waals surface area contributed by atoms with E-state index in [1.165, 1.54) is 63.4 Å². The van der Waals surface area contributed by atoms with E-state index in [9.17, 15) is 0 Å². The summed E-state index contributed by atoms with van der Waals surface area (Å²) < 4.78 is 0. The summed E-state index contributed by atoms with van der Waals surface area (Å²) in [7, 11) is -0.335. The Morgan fingerprint density at radius 1 is 0.926 bits per heavy atom. The predicted octanol–water partition coefficient (Wildman–Crippen LogP) is 7.12. The van der Waals surface area contributed by atoms with Gasteiger partial charge in [0, 0.05) is 8.80 Å². The van der Waals surface area contributed by atoms with Crippen LogP contribution in [0.2, 0.25) is 18.1 Å². The number of aryl methyl sites for hydroxylation is 1. The van der Waals surface area contributed by atoms with Crippen molar-refractivity contribution in [3.8, 4) is 6.07 Å². The summed E-state index contributed by atoms with van der Waals surface area (Å²) in [5, 5.41) is 8.91. The van der Waals surface area contributed by atoms with Crippen molar-refractivity contribution in [1.29, 1.82) is 5.26 Å². The van der Waals surface area contributed by atoms with Crippen LogP contribution in [0.3, 0.4) is 0 Å². The molecule has 0 N–H and O–H groups in total. The molecule has 1 aliphatic heterocycles. The number of rotatable bonds is 8. The van der Waals surface area contributed by atoms with Crippen molar-refractivity contribution in [2.75, 3.05) is 0 Å². The molecular weight excluding hydrogens is 342 g/mol. The minimum Gasteiger partial charge on any atom is -0.192 e. The van der Waals surface area contributed by atoms with E-state index in [0.29, 0.717) is 0 Å². The molecule has 1 aliphatic carbocycles. The van der Waals surface area contributed by atoms with Gasteiger partial charge in [-0.1, -0.05) is 82.1 Å². The number of unbranched alkanes of at least 4 members (excludes halogenated alkanes) is 2. The van der Waals surface area contributed by atoms with Gasteiger partial charge in [0.2, 0.25) is 0 Å². The van der Waals surface area contributed by atoms with Crippen LogP contribution in [-0.2, 0) is 6.42 Å². The zero-order chi connectivity index (χ0) is 18.9. The van der Waals surface area contributed by atoms with Gasteiger partial charge < -0.3 is 0 Å². The SMILES string of the molecule is CCCCC[SiH]1CCC(C2CCC(CCc3ccc(C#N)cc3)CC2)CC1. The predicted molar refractivity (Wildman–Crippen MR) is 119 cm³/mol. The van der Waals surface area contributed by atoms with Crippen molar-refractivity contribution in [1.82, 2.24) is 0 Å². The largest absolute Gasteiger partial charge is 0.192 e. The van der Waals surface area contributed by atoms with E-state index >= 15 is 0 Å². The molecule has 2 aliphatic rings. The molecule has 0 bridgehead atoms. The molecule has 1 saturated carbocycles. The quantitative estimate of drug-likeness (QED) is 0.347. The molecular formula is C25H39NSi. The summed E-state index contributed by atoms with van der Waals surface area (Å²) >= 11 is 0. The lowest BCUT2D eigenvalue weighted by Crippen LogP contribution is -2.28. The lowest BCUT2D eigenvalue weighted by Gasteiger charge is -2.37. The summed E-state index contributed by atoms with van der Waals surface area (Å²) in [6.45, 7) is 2.33. The molecule has 0 aromatic heterocycles. The average Bonchev–Trinajstić information content (AvgIpc) is 2.74. The van der Waals surface area contributed by atoms with Crippen molar-refractivity contribution in [3.63, 3.8) is 0 Å². The highest BCUT2D eigenvalue weighted by Crippen LogP contribution is 2.41. The second kappa shape index (κ2) is 11.1. The van der Waals surface area contributed by atoms with Crippen LogP contribution in [0.15, 0.2) is 24.3 Å². The molecule has 0 atom stereocenters. The third-order valence-corrected chi connectivity index (χ3v) is 11.1. The number of nitriles is 1. The van der Waals surface area contributed by atoms with Crippen LogP contribution in [-0.4, -0.2) is 8.80 Å². The van der Waals surface area contributed by atoms with Crippen LogP contribution in [0.5, 0.6) is 0 Å². The van der Waals surface area contributed by atoms with Gasteiger partial charge in [-0.15, -0.1) is 0 Å². The van der Waals surface area contributed by atoms with E-state index in [2.05, 4.69) is 25.1 Å². The third-order valence-electron chi connectivity index (χ3n) is 7.59. The van der Waals surface area contributed by atoms with Crippen molar-refractivity contribution in [2.24, 2.45) is 17.8 Å². The molecule has 1 aromatic rings. The lowest BCUT2D eigenvalue weighted by molar-refractivity contribution is 0.186. The Hall–Kier alpha value is -1.07. The molecule has 0 radical (unpaired) electrons. The van der Waals surface area contributed by atoms with Crippen molar-refractivity contribution < 1.29 is 0 Å². The highest BCUT2D eigenvalue weighted by Gasteiger charge is 2.30. The zero-order valence-corrected chi connectivity index (χ0v) is 18.6. The van der Waals surface area contributed by atoms with Crippen molar-refractivity contribution >= 4 is 8.80 Å². The first-order valence-corrected chi connectivity index (χ1v) is 14.2. The second-order valence-electron chi connectivity index (χ2n) is 9.40. The number of hydrogen-bond acceptors (Lipinski definition) is 1. The molecule has 2 fully saturated rings. The van der Waals surface area contributed by atoms with Gasteiger partial charge in [0.05, 0.1) is 11.6 Å². The Morgan fingerprint density at radius 3 is 2.22 bits per heavy atom. The van der Waals surface area contributed by atoms with Crippen molar-refractivity contribution in [2.45, 2.75) is 95.7 Å². The smallest absolute Gasteiger partial charge is 0.0991 e. The molecule has 0 spiro atoms. The van der Waals surface area contributed by atoms with Gasteiger partial charge in [-0.3, -0.25) is 0 Å². The molecule has 2 heteroatoms. The number of hydrogen-bond donors (Lipinski definition) is 0. The van der Waals surface area contributed by atoms with E-state index in [4.69, 9.17) is 5.26 Å². The molecule has 1 nitrogen and oxygen atoms in total. The number of nitrogens with zero attached hydrogens (tertiary/aromatic N) is 1. The topological polar surface area (TPSA) is 23.8 Å². The Balaban J connectivity index is 1.32. The maximum Gasteiger partial charge on any atom is 0.0991 e. The fourth-order valence-corrected chi connectivity index (χ4v) is 9.23. The van der Waals surface area contributed by atoms with Crippen molar-refractivity contribution in [3.05, 3.63) is 35.4 Å². The van der Waals surface area contributed by atoms with E-state index in [1.807, 2.05) is 12.1 Å². The van der Waals surface area contributed by atoms with Crippen LogP contribution in [0.25, 0.3) is 0 Å². The molecule has 1 saturated heterocycles. The maximum absolute atomic E-state index is 8.91. The van der Waals surface area contributed by atoms with Gasteiger partial charge in [-0.25, -0.2) is 0 Å². The zero-order valence-electron chi connectivity index (χ0n) is 17.5. The highest BCUT2D eigenvalue weighted by atomic mass is 28.3. The Labute approximate surface area is 169 Å². The highest BCUT2D eigenvalue weighted by molar-refractivity contribution is 6.58. The standard InChI is InChI=1S/C25H39NSi/c1-2-3-4-17-27-18-15-25(16-19-27)24-13-11-22(12-14-24)6-5-21-7-9-23(20-26)10-8-21/h7-10,22,24-25,27H,2-6,11-19H2,1H3. The third kappa shape index (κ3) is 6.49. The minimum atomic E-state index is -0.335. The van der Waals surface area contributed by atoms with Gasteiger partial charge in [0.15, 0.2) is 0 Å². The van der Waals surface area contributed by atoms with Crippen LogP contribution >= 0.6 is 0 Å². The summed E-state index contributed by atoms with van der Waals surface area (Å²) in [6.07, 6.45) is 16.0. The number of benzene rings is 1. The van der Waals surface area contributed by atoms with E-state index in [-0.39, 0.29) is 8.80 Å². The lowest BCUT2D eigenvalue weighted by atomic mass is 9.73. The first-order chi connectivity index (χ1) is 13.3. The summed E-state index contributed by atoms with van der Waals surface area (Å²) in [6, 6.07) is 15.4. The first kappa shape index (κ1) is 20.7. The van der Waals surface area contributed by atoms with Gasteiger partial charge in [-0.2, -0.15) is 5.26 Å². The van der Waals surface area contributed by atoms with Crippen LogP contribution < -0.4 is 0 Å². The summed E-state index contributed by atoms with van der Waals surface area (Å²) in [5.74, 6) is 3.08. The fraction of sp³-hybridized carbons (Fsp3) is 0.720. The van der Waals surface area contributed by atoms with Gasteiger partial charge in [-0.05, 0) is 61.1 Å². The van der Waals surface area contributed by atoms with Crippen LogP contribution in [0.4, 0.5) is 0 Å². The van der Waals surface area contributed by atoms with Crippen LogP contribution in [0.1, 0.15) is 82.3 Å². The Kier molecular flexibility index (Phi) is 8.46. The Morgan fingerprint density at radius 2 is 1.59 bits per heavy atom. The average molecular weight is 382 g/mol. The van der Waals surface area contributed by atoms with E-state index < -0.39 is 0 Å². The normalized spacial score (nSPS) is 28.6. The van der Waals surface area contributed by atoms with Gasteiger partial charge in [0.25, 0.3) is 0 Å². The maximum atomic E-state index is 8.91. The summed E-state index contributed by atoms with van der Waals surface area (Å²) in [4.78, 5) is 0. The molecule has 148 valence electrons. The second-order valence-corrected chi connectivity index (χ2v) is 12.9. The molecule has 0 unspecified atom stereocenters.